The van der Waals surface area contributed by atoms with Gasteiger partial charge in [-0.1, -0.05) is 12.1 Å². The van der Waals surface area contributed by atoms with Gasteiger partial charge >= 0.3 is 11.3 Å². The molecule has 10 nitrogen and oxygen atoms in total. The molecule has 1 amide bonds. The van der Waals surface area contributed by atoms with E-state index in [1.54, 1.807) is 41.2 Å². The number of aromatic nitrogens is 4. The fourth-order valence-electron chi connectivity index (χ4n) is 3.73. The number of fused-ring (bicyclic) bond motifs is 1. The van der Waals surface area contributed by atoms with E-state index in [-0.39, 0.29) is 36.0 Å². The molecule has 1 saturated carbocycles. The molecule has 1 fully saturated rings. The lowest BCUT2D eigenvalue weighted by Crippen LogP contribution is -2.34. The second-order valence-electron chi connectivity index (χ2n) is 7.75. The van der Waals surface area contributed by atoms with Crippen LogP contribution < -0.4 is 21.4 Å². The molecule has 5 rings (SSSR count). The molecule has 1 aliphatic rings. The Labute approximate surface area is 187 Å². The van der Waals surface area contributed by atoms with Gasteiger partial charge in [-0.05, 0) is 37.1 Å². The molecule has 4 aromatic rings. The van der Waals surface area contributed by atoms with Crippen molar-refractivity contribution in [1.29, 1.82) is 0 Å². The van der Waals surface area contributed by atoms with Crippen molar-refractivity contribution >= 4 is 16.9 Å². The highest BCUT2D eigenvalue weighted by molar-refractivity contribution is 5.97. The molecule has 0 bridgehead atoms. The van der Waals surface area contributed by atoms with E-state index in [1.165, 1.54) is 17.9 Å². The Balaban J connectivity index is 1.34. The van der Waals surface area contributed by atoms with Crippen molar-refractivity contribution in [2.75, 3.05) is 13.7 Å². The van der Waals surface area contributed by atoms with Crippen LogP contribution in [0.2, 0.25) is 0 Å². The van der Waals surface area contributed by atoms with Gasteiger partial charge in [0, 0.05) is 35.9 Å². The molecular weight excluding hydrogens is 426 g/mol. The Hall–Kier alpha value is -4.21. The number of hydrogen-bond acceptors (Lipinski definition) is 7. The maximum Gasteiger partial charge on any atom is 0.349 e. The quantitative estimate of drug-likeness (QED) is 0.430. The normalized spacial score (nSPS) is 13.2. The van der Waals surface area contributed by atoms with Crippen molar-refractivity contribution in [2.24, 2.45) is 0 Å². The van der Waals surface area contributed by atoms with Gasteiger partial charge in [0.25, 0.3) is 5.91 Å². The number of para-hydroxylation sites is 1. The van der Waals surface area contributed by atoms with Crippen molar-refractivity contribution in [1.82, 2.24) is 24.6 Å². The highest BCUT2D eigenvalue weighted by Crippen LogP contribution is 2.36. The van der Waals surface area contributed by atoms with E-state index in [9.17, 15) is 14.4 Å². The summed E-state index contributed by atoms with van der Waals surface area (Å²) in [5.41, 5.74) is -0.0840. The summed E-state index contributed by atoms with van der Waals surface area (Å²) in [6.07, 6.45) is 5.19. The molecule has 0 radical (unpaired) electrons. The molecule has 168 valence electrons. The average molecular weight is 447 g/mol. The molecule has 0 atom stereocenters. The van der Waals surface area contributed by atoms with E-state index in [0.717, 1.165) is 18.4 Å². The van der Waals surface area contributed by atoms with Crippen LogP contribution in [0, 0.1) is 0 Å². The lowest BCUT2D eigenvalue weighted by molar-refractivity contribution is 0.0948. The standard InChI is InChI=1S/C23H21N5O5/c1-32-18-6-2-4-14-12-17(22(30)33-19(14)18)21(29)25-10-11-27-23(31)28(16-7-8-16)20(26-27)15-5-3-9-24-13-15/h2-6,9,12-13,16H,7-8,10-11H2,1H3,(H,25,29). The Bertz CT molecular complexity index is 1450. The number of nitrogens with one attached hydrogen (secondary N) is 1. The van der Waals surface area contributed by atoms with Crippen LogP contribution in [0.5, 0.6) is 5.75 Å². The Morgan fingerprint density at radius 3 is 2.82 bits per heavy atom. The number of hydrogen-bond donors (Lipinski definition) is 1. The molecule has 0 unspecified atom stereocenters. The van der Waals surface area contributed by atoms with E-state index in [1.807, 2.05) is 6.07 Å². The van der Waals surface area contributed by atoms with E-state index in [4.69, 9.17) is 9.15 Å². The number of pyridine rings is 1. The highest BCUT2D eigenvalue weighted by atomic mass is 16.5. The maximum absolute atomic E-state index is 12.9. The Morgan fingerprint density at radius 1 is 1.24 bits per heavy atom. The van der Waals surface area contributed by atoms with Crippen LogP contribution in [-0.4, -0.2) is 38.9 Å². The van der Waals surface area contributed by atoms with Crippen molar-refractivity contribution in [3.63, 3.8) is 0 Å². The Kier molecular flexibility index (Phi) is 5.25. The van der Waals surface area contributed by atoms with Crippen LogP contribution in [0.4, 0.5) is 0 Å². The number of methoxy groups -OCH3 is 1. The van der Waals surface area contributed by atoms with Gasteiger partial charge in [-0.3, -0.25) is 14.3 Å². The minimum atomic E-state index is -0.765. The molecule has 1 aromatic carbocycles. The molecule has 10 heteroatoms. The van der Waals surface area contributed by atoms with Crippen LogP contribution in [0.3, 0.4) is 0 Å². The largest absolute Gasteiger partial charge is 0.493 e. The summed E-state index contributed by atoms with van der Waals surface area (Å²) in [5.74, 6) is 0.383. The van der Waals surface area contributed by atoms with Crippen LogP contribution in [0.25, 0.3) is 22.4 Å². The fourth-order valence-corrected chi connectivity index (χ4v) is 3.73. The topological polar surface area (TPSA) is 121 Å². The number of nitrogens with zero attached hydrogens (tertiary/aromatic N) is 4. The molecule has 1 aliphatic carbocycles. The zero-order chi connectivity index (χ0) is 22.9. The smallest absolute Gasteiger partial charge is 0.349 e. The summed E-state index contributed by atoms with van der Waals surface area (Å²) in [6, 6.07) is 10.4. The van der Waals surface area contributed by atoms with E-state index >= 15 is 0 Å². The van der Waals surface area contributed by atoms with Gasteiger partial charge < -0.3 is 14.5 Å². The second-order valence-corrected chi connectivity index (χ2v) is 7.75. The van der Waals surface area contributed by atoms with E-state index in [0.29, 0.717) is 17.0 Å². The number of rotatable bonds is 7. The predicted molar refractivity (Wildman–Crippen MR) is 119 cm³/mol. The number of benzene rings is 1. The minimum absolute atomic E-state index is 0.114. The average Bonchev–Trinajstić information content (AvgIpc) is 3.62. The molecule has 0 saturated heterocycles. The van der Waals surface area contributed by atoms with Crippen LogP contribution >= 0.6 is 0 Å². The zero-order valence-electron chi connectivity index (χ0n) is 17.9. The minimum Gasteiger partial charge on any atom is -0.493 e. The number of ether oxygens (including phenoxy) is 1. The molecule has 1 N–H and O–H groups in total. The van der Waals surface area contributed by atoms with Gasteiger partial charge in [-0.2, -0.15) is 0 Å². The summed E-state index contributed by atoms with van der Waals surface area (Å²) >= 11 is 0. The third kappa shape index (κ3) is 3.91. The maximum atomic E-state index is 12.9. The van der Waals surface area contributed by atoms with Crippen molar-refractivity contribution in [3.8, 4) is 17.1 Å². The van der Waals surface area contributed by atoms with Crippen LogP contribution in [-0.2, 0) is 6.54 Å². The number of carbonyl (C=O) groups excluding carboxylic acids is 1. The van der Waals surface area contributed by atoms with Crippen molar-refractivity contribution in [3.05, 3.63) is 75.3 Å². The third-order valence-electron chi connectivity index (χ3n) is 5.50. The summed E-state index contributed by atoms with van der Waals surface area (Å²) < 4.78 is 13.5. The highest BCUT2D eigenvalue weighted by Gasteiger charge is 2.30. The SMILES string of the molecule is COc1cccc2cc(C(=O)NCCn3nc(-c4cccnc4)n(C4CC4)c3=O)c(=O)oc12. The molecular formula is C23H21N5O5. The zero-order valence-corrected chi connectivity index (χ0v) is 17.9. The van der Waals surface area contributed by atoms with Crippen molar-refractivity contribution < 1.29 is 13.9 Å². The van der Waals surface area contributed by atoms with Crippen LogP contribution in [0.1, 0.15) is 29.2 Å². The van der Waals surface area contributed by atoms with E-state index in [2.05, 4.69) is 15.4 Å². The fraction of sp³-hybridized carbons (Fsp3) is 0.261. The van der Waals surface area contributed by atoms with Gasteiger partial charge in [0.05, 0.1) is 13.7 Å². The summed E-state index contributed by atoms with van der Waals surface area (Å²) in [5, 5.41) is 7.71. The monoisotopic (exact) mass is 447 g/mol. The van der Waals surface area contributed by atoms with Crippen LogP contribution in [0.15, 0.2) is 62.8 Å². The summed E-state index contributed by atoms with van der Waals surface area (Å²) in [6.45, 7) is 0.271. The predicted octanol–water partition coefficient (Wildman–Crippen LogP) is 1.99. The van der Waals surface area contributed by atoms with Crippen molar-refractivity contribution in [2.45, 2.75) is 25.4 Å². The molecule has 3 aromatic heterocycles. The van der Waals surface area contributed by atoms with Gasteiger partial charge in [0.15, 0.2) is 17.2 Å². The second kappa shape index (κ2) is 8.38. The van der Waals surface area contributed by atoms with Gasteiger partial charge in [0.2, 0.25) is 0 Å². The first-order chi connectivity index (χ1) is 16.1. The molecule has 33 heavy (non-hydrogen) atoms. The molecule has 0 spiro atoms. The first-order valence-electron chi connectivity index (χ1n) is 10.6. The first kappa shape index (κ1) is 20.7. The lowest BCUT2D eigenvalue weighted by atomic mass is 10.1. The third-order valence-corrected chi connectivity index (χ3v) is 5.50. The summed E-state index contributed by atoms with van der Waals surface area (Å²) in [4.78, 5) is 42.0. The summed E-state index contributed by atoms with van der Waals surface area (Å²) in [7, 11) is 1.47. The number of amides is 1. The van der Waals surface area contributed by atoms with Gasteiger partial charge in [0.1, 0.15) is 5.56 Å². The number of carbonyl (C=O) groups is 1. The van der Waals surface area contributed by atoms with E-state index < -0.39 is 11.5 Å². The molecule has 0 aliphatic heterocycles. The Morgan fingerprint density at radius 2 is 2.09 bits per heavy atom. The molecule has 3 heterocycles. The van der Waals surface area contributed by atoms with Gasteiger partial charge in [-0.15, -0.1) is 5.10 Å². The van der Waals surface area contributed by atoms with Gasteiger partial charge in [-0.25, -0.2) is 14.3 Å². The first-order valence-corrected chi connectivity index (χ1v) is 10.6. The lowest BCUT2D eigenvalue weighted by Gasteiger charge is -2.07.